The minimum absolute atomic E-state index is 0.0385. The topological polar surface area (TPSA) is 46.5 Å². The Labute approximate surface area is 89.0 Å². The number of methoxy groups -OCH3 is 1. The van der Waals surface area contributed by atoms with Gasteiger partial charge in [-0.25, -0.2) is 0 Å². The number of carbonyl (C=O) groups excluding carboxylic acids is 1. The van der Waals surface area contributed by atoms with E-state index in [0.717, 1.165) is 0 Å². The number of Topliss-reactive ketones (excluding diaryl/α,β-unsaturated/α-hetero) is 1. The standard InChI is InChI=1S/C12H14O3/c1-3-4-5-11(13)10-7-6-9(15-2)8-12(10)14/h3,6-8,14H,1,4-5H2,2H3. The van der Waals surface area contributed by atoms with Crippen molar-refractivity contribution in [1.29, 1.82) is 0 Å². The predicted molar refractivity (Wildman–Crippen MR) is 58.4 cm³/mol. The van der Waals surface area contributed by atoms with Crippen molar-refractivity contribution in [2.45, 2.75) is 12.8 Å². The van der Waals surface area contributed by atoms with Gasteiger partial charge in [0.2, 0.25) is 0 Å². The van der Waals surface area contributed by atoms with Crippen LogP contribution < -0.4 is 4.74 Å². The summed E-state index contributed by atoms with van der Waals surface area (Å²) >= 11 is 0. The average molecular weight is 206 g/mol. The maximum absolute atomic E-state index is 11.6. The lowest BCUT2D eigenvalue weighted by Crippen LogP contribution is -1.98. The van der Waals surface area contributed by atoms with E-state index in [0.29, 0.717) is 24.2 Å². The Balaban J connectivity index is 2.85. The molecule has 0 aliphatic carbocycles. The van der Waals surface area contributed by atoms with Gasteiger partial charge in [0.15, 0.2) is 5.78 Å². The molecule has 0 spiro atoms. The molecule has 1 N–H and O–H groups in total. The van der Waals surface area contributed by atoms with Crippen LogP contribution >= 0.6 is 0 Å². The highest BCUT2D eigenvalue weighted by Gasteiger charge is 2.10. The van der Waals surface area contributed by atoms with Crippen molar-refractivity contribution in [3.63, 3.8) is 0 Å². The molecule has 0 amide bonds. The van der Waals surface area contributed by atoms with Gasteiger partial charge >= 0.3 is 0 Å². The molecule has 0 aromatic heterocycles. The molecule has 0 heterocycles. The average Bonchev–Trinajstić information content (AvgIpc) is 2.25. The van der Waals surface area contributed by atoms with E-state index in [1.54, 1.807) is 18.2 Å². The maximum Gasteiger partial charge on any atom is 0.166 e. The SMILES string of the molecule is C=CCCC(=O)c1ccc(OC)cc1O. The lowest BCUT2D eigenvalue weighted by molar-refractivity contribution is 0.0981. The molecular formula is C12H14O3. The summed E-state index contributed by atoms with van der Waals surface area (Å²) in [6, 6.07) is 4.65. The van der Waals surface area contributed by atoms with E-state index in [-0.39, 0.29) is 11.5 Å². The summed E-state index contributed by atoms with van der Waals surface area (Å²) in [7, 11) is 1.51. The first kappa shape index (κ1) is 11.3. The summed E-state index contributed by atoms with van der Waals surface area (Å²) in [6.45, 7) is 3.54. The van der Waals surface area contributed by atoms with Gasteiger partial charge in [0, 0.05) is 12.5 Å². The number of phenols is 1. The Morgan fingerprint density at radius 1 is 1.60 bits per heavy atom. The second-order valence-electron chi connectivity index (χ2n) is 3.13. The summed E-state index contributed by atoms with van der Waals surface area (Å²) in [5, 5.41) is 9.57. The normalized spacial score (nSPS) is 9.67. The second kappa shape index (κ2) is 5.20. The van der Waals surface area contributed by atoms with Crippen molar-refractivity contribution < 1.29 is 14.6 Å². The lowest BCUT2D eigenvalue weighted by atomic mass is 10.1. The number of hydrogen-bond acceptors (Lipinski definition) is 3. The monoisotopic (exact) mass is 206 g/mol. The van der Waals surface area contributed by atoms with Crippen molar-refractivity contribution in [3.05, 3.63) is 36.4 Å². The van der Waals surface area contributed by atoms with Crippen molar-refractivity contribution in [1.82, 2.24) is 0 Å². The molecule has 1 rings (SSSR count). The summed E-state index contributed by atoms with van der Waals surface area (Å²) in [6.07, 6.45) is 2.66. The van der Waals surface area contributed by atoms with Crippen molar-refractivity contribution in [3.8, 4) is 11.5 Å². The molecule has 3 heteroatoms. The first-order chi connectivity index (χ1) is 7.19. The van der Waals surface area contributed by atoms with Gasteiger partial charge in [-0.05, 0) is 18.6 Å². The Hall–Kier alpha value is -1.77. The first-order valence-electron chi connectivity index (χ1n) is 4.70. The van der Waals surface area contributed by atoms with Crippen LogP contribution in [0, 0.1) is 0 Å². The molecule has 0 bridgehead atoms. The zero-order valence-electron chi connectivity index (χ0n) is 8.69. The van der Waals surface area contributed by atoms with Crippen molar-refractivity contribution in [2.75, 3.05) is 7.11 Å². The van der Waals surface area contributed by atoms with E-state index in [9.17, 15) is 9.90 Å². The third-order valence-electron chi connectivity index (χ3n) is 2.08. The molecule has 0 radical (unpaired) electrons. The fourth-order valence-corrected chi connectivity index (χ4v) is 1.24. The maximum atomic E-state index is 11.6. The number of allylic oxidation sites excluding steroid dienone is 1. The van der Waals surface area contributed by atoms with Crippen LogP contribution in [0.3, 0.4) is 0 Å². The Morgan fingerprint density at radius 2 is 2.33 bits per heavy atom. The van der Waals surface area contributed by atoms with E-state index >= 15 is 0 Å². The Kier molecular flexibility index (Phi) is 3.92. The number of aromatic hydroxyl groups is 1. The minimum Gasteiger partial charge on any atom is -0.507 e. The number of hydrogen-bond donors (Lipinski definition) is 1. The van der Waals surface area contributed by atoms with Gasteiger partial charge < -0.3 is 9.84 Å². The molecule has 0 saturated carbocycles. The molecule has 0 aliphatic heterocycles. The summed E-state index contributed by atoms with van der Waals surface area (Å²) in [4.78, 5) is 11.6. The minimum atomic E-state index is -0.0879. The number of phenolic OH excluding ortho intramolecular Hbond substituents is 1. The van der Waals surface area contributed by atoms with Gasteiger partial charge in [0.1, 0.15) is 11.5 Å². The van der Waals surface area contributed by atoms with Crippen LogP contribution in [-0.4, -0.2) is 18.0 Å². The summed E-state index contributed by atoms with van der Waals surface area (Å²) in [5.74, 6) is 0.409. The van der Waals surface area contributed by atoms with Crippen LogP contribution in [0.15, 0.2) is 30.9 Å². The van der Waals surface area contributed by atoms with Crippen molar-refractivity contribution in [2.24, 2.45) is 0 Å². The predicted octanol–water partition coefficient (Wildman–Crippen LogP) is 2.55. The van der Waals surface area contributed by atoms with Gasteiger partial charge in [-0.15, -0.1) is 6.58 Å². The van der Waals surface area contributed by atoms with Crippen LogP contribution in [0.4, 0.5) is 0 Å². The highest BCUT2D eigenvalue weighted by atomic mass is 16.5. The number of ether oxygens (including phenoxy) is 1. The highest BCUT2D eigenvalue weighted by molar-refractivity contribution is 5.98. The molecule has 15 heavy (non-hydrogen) atoms. The molecule has 3 nitrogen and oxygen atoms in total. The molecular weight excluding hydrogens is 192 g/mol. The first-order valence-corrected chi connectivity index (χ1v) is 4.70. The van der Waals surface area contributed by atoms with E-state index in [2.05, 4.69) is 6.58 Å². The Bertz CT molecular complexity index is 369. The number of carbonyl (C=O) groups is 1. The molecule has 0 fully saturated rings. The van der Waals surface area contributed by atoms with Gasteiger partial charge in [0.25, 0.3) is 0 Å². The lowest BCUT2D eigenvalue weighted by Gasteiger charge is -2.05. The van der Waals surface area contributed by atoms with Gasteiger partial charge in [0.05, 0.1) is 12.7 Å². The van der Waals surface area contributed by atoms with Gasteiger partial charge in [-0.1, -0.05) is 6.08 Å². The summed E-state index contributed by atoms with van der Waals surface area (Å²) in [5.41, 5.74) is 0.331. The molecule has 1 aromatic carbocycles. The van der Waals surface area contributed by atoms with Crippen LogP contribution in [0.5, 0.6) is 11.5 Å². The van der Waals surface area contributed by atoms with Gasteiger partial charge in [-0.3, -0.25) is 4.79 Å². The highest BCUT2D eigenvalue weighted by Crippen LogP contribution is 2.24. The zero-order valence-corrected chi connectivity index (χ0v) is 8.69. The van der Waals surface area contributed by atoms with Crippen LogP contribution in [0.2, 0.25) is 0 Å². The molecule has 80 valence electrons. The van der Waals surface area contributed by atoms with Crippen LogP contribution in [0.1, 0.15) is 23.2 Å². The molecule has 0 aliphatic rings. The quantitative estimate of drug-likeness (QED) is 0.595. The third kappa shape index (κ3) is 2.84. The van der Waals surface area contributed by atoms with E-state index in [1.165, 1.54) is 13.2 Å². The number of rotatable bonds is 5. The molecule has 1 aromatic rings. The molecule has 0 saturated heterocycles. The third-order valence-corrected chi connectivity index (χ3v) is 2.08. The van der Waals surface area contributed by atoms with E-state index in [4.69, 9.17) is 4.74 Å². The van der Waals surface area contributed by atoms with Crippen LogP contribution in [-0.2, 0) is 0 Å². The van der Waals surface area contributed by atoms with Gasteiger partial charge in [-0.2, -0.15) is 0 Å². The molecule has 0 atom stereocenters. The van der Waals surface area contributed by atoms with Crippen molar-refractivity contribution >= 4 is 5.78 Å². The fourth-order valence-electron chi connectivity index (χ4n) is 1.24. The second-order valence-corrected chi connectivity index (χ2v) is 3.13. The largest absolute Gasteiger partial charge is 0.507 e. The smallest absolute Gasteiger partial charge is 0.166 e. The van der Waals surface area contributed by atoms with E-state index < -0.39 is 0 Å². The van der Waals surface area contributed by atoms with Crippen LogP contribution in [0.25, 0.3) is 0 Å². The van der Waals surface area contributed by atoms with E-state index in [1.807, 2.05) is 0 Å². The molecule has 0 unspecified atom stereocenters. The fraction of sp³-hybridized carbons (Fsp3) is 0.250. The number of ketones is 1. The number of benzene rings is 1. The Morgan fingerprint density at radius 3 is 2.87 bits per heavy atom. The summed E-state index contributed by atoms with van der Waals surface area (Å²) < 4.78 is 4.92. The zero-order chi connectivity index (χ0) is 11.3.